The Kier molecular flexibility index (Phi) is 4.49. The number of fused-ring (bicyclic) bond motifs is 1. The number of nitrogens with one attached hydrogen (secondary N) is 1. The summed E-state index contributed by atoms with van der Waals surface area (Å²) in [5.74, 6) is 0.148. The molecule has 2 rings (SSSR count). The molecule has 0 amide bonds. The van der Waals surface area contributed by atoms with Gasteiger partial charge in [0.2, 0.25) is 0 Å². The van der Waals surface area contributed by atoms with Crippen molar-refractivity contribution in [2.45, 2.75) is 53.9 Å². The molecule has 1 aromatic heterocycles. The molecule has 18 heavy (non-hydrogen) atoms. The Hall–Kier alpha value is -1.38. The van der Waals surface area contributed by atoms with Crippen LogP contribution < -0.4 is 0 Å². The Bertz CT molecular complexity index is 455. The van der Waals surface area contributed by atoms with Crippen molar-refractivity contribution in [3.05, 3.63) is 23.0 Å². The zero-order valence-corrected chi connectivity index (χ0v) is 12.0. The number of aromatic amines is 1. The summed E-state index contributed by atoms with van der Waals surface area (Å²) in [6.45, 7) is 9.72. The molecule has 1 aromatic rings. The van der Waals surface area contributed by atoms with Crippen LogP contribution >= 0.6 is 0 Å². The Balaban J connectivity index is 0.000000771. The molecule has 0 bridgehead atoms. The molecule has 0 saturated heterocycles. The third-order valence-corrected chi connectivity index (χ3v) is 3.43. The SMILES string of the molecule is CC.CCC(=O)c1c[nH]c2c1C(=O)C(C)(C)CC2. The Labute approximate surface area is 109 Å². The van der Waals surface area contributed by atoms with Crippen molar-refractivity contribution in [3.63, 3.8) is 0 Å². The van der Waals surface area contributed by atoms with E-state index in [9.17, 15) is 9.59 Å². The number of aryl methyl sites for hydroxylation is 1. The van der Waals surface area contributed by atoms with Crippen molar-refractivity contribution in [2.24, 2.45) is 5.41 Å². The molecule has 1 heterocycles. The molecule has 0 atom stereocenters. The normalized spacial score (nSPS) is 16.6. The molecule has 1 aliphatic rings. The smallest absolute Gasteiger partial charge is 0.170 e. The molecule has 1 N–H and O–H groups in total. The van der Waals surface area contributed by atoms with Crippen molar-refractivity contribution in [1.82, 2.24) is 4.98 Å². The zero-order chi connectivity index (χ0) is 13.9. The van der Waals surface area contributed by atoms with Crippen molar-refractivity contribution < 1.29 is 9.59 Å². The number of aromatic nitrogens is 1. The summed E-state index contributed by atoms with van der Waals surface area (Å²) in [6, 6.07) is 0. The lowest BCUT2D eigenvalue weighted by Gasteiger charge is -2.28. The summed E-state index contributed by atoms with van der Waals surface area (Å²) in [4.78, 5) is 27.1. The van der Waals surface area contributed by atoms with Gasteiger partial charge in [0.05, 0.1) is 0 Å². The van der Waals surface area contributed by atoms with Gasteiger partial charge in [-0.05, 0) is 12.8 Å². The molecule has 0 spiro atoms. The van der Waals surface area contributed by atoms with E-state index in [1.165, 1.54) is 0 Å². The molecular weight excluding hydrogens is 226 g/mol. The average molecular weight is 249 g/mol. The minimum atomic E-state index is -0.335. The number of rotatable bonds is 2. The summed E-state index contributed by atoms with van der Waals surface area (Å²) < 4.78 is 0. The third-order valence-electron chi connectivity index (χ3n) is 3.43. The summed E-state index contributed by atoms with van der Waals surface area (Å²) in [6.07, 6.45) is 3.83. The first-order valence-corrected chi connectivity index (χ1v) is 6.75. The van der Waals surface area contributed by atoms with Crippen LogP contribution in [-0.4, -0.2) is 16.6 Å². The molecule has 3 heteroatoms. The van der Waals surface area contributed by atoms with Crippen molar-refractivity contribution in [3.8, 4) is 0 Å². The second-order valence-corrected chi connectivity index (χ2v) is 5.05. The highest BCUT2D eigenvalue weighted by atomic mass is 16.1. The van der Waals surface area contributed by atoms with Crippen LogP contribution in [0.15, 0.2) is 6.20 Å². The maximum atomic E-state index is 12.3. The van der Waals surface area contributed by atoms with Crippen LogP contribution in [0.5, 0.6) is 0 Å². The fourth-order valence-corrected chi connectivity index (χ4v) is 2.22. The van der Waals surface area contributed by atoms with Gasteiger partial charge in [0.25, 0.3) is 0 Å². The minimum absolute atomic E-state index is 0.0450. The molecular formula is C15H23NO2. The topological polar surface area (TPSA) is 49.9 Å². The van der Waals surface area contributed by atoms with Crippen LogP contribution in [0.3, 0.4) is 0 Å². The predicted octanol–water partition coefficient (Wildman–Crippen LogP) is 3.79. The lowest BCUT2D eigenvalue weighted by atomic mass is 9.74. The van der Waals surface area contributed by atoms with Gasteiger partial charge in [-0.1, -0.05) is 34.6 Å². The number of ketones is 2. The monoisotopic (exact) mass is 249 g/mol. The number of hydrogen-bond donors (Lipinski definition) is 1. The van der Waals surface area contributed by atoms with Gasteiger partial charge in [-0.2, -0.15) is 0 Å². The van der Waals surface area contributed by atoms with Crippen LogP contribution in [-0.2, 0) is 6.42 Å². The highest BCUT2D eigenvalue weighted by Crippen LogP contribution is 2.36. The van der Waals surface area contributed by atoms with Gasteiger partial charge in [0, 0.05) is 34.9 Å². The molecule has 0 aliphatic heterocycles. The number of hydrogen-bond acceptors (Lipinski definition) is 2. The quantitative estimate of drug-likeness (QED) is 0.811. The maximum Gasteiger partial charge on any atom is 0.170 e. The summed E-state index contributed by atoms with van der Waals surface area (Å²) in [5, 5.41) is 0. The Morgan fingerprint density at radius 1 is 1.39 bits per heavy atom. The molecule has 3 nitrogen and oxygen atoms in total. The van der Waals surface area contributed by atoms with Gasteiger partial charge in [-0.3, -0.25) is 9.59 Å². The van der Waals surface area contributed by atoms with Gasteiger partial charge in [-0.15, -0.1) is 0 Å². The van der Waals surface area contributed by atoms with E-state index in [0.717, 1.165) is 18.5 Å². The Morgan fingerprint density at radius 2 is 2.00 bits per heavy atom. The van der Waals surface area contributed by atoms with Crippen molar-refractivity contribution >= 4 is 11.6 Å². The number of carbonyl (C=O) groups excluding carboxylic acids is 2. The van der Waals surface area contributed by atoms with E-state index in [4.69, 9.17) is 0 Å². The average Bonchev–Trinajstić information content (AvgIpc) is 2.80. The minimum Gasteiger partial charge on any atom is -0.364 e. The molecule has 0 saturated carbocycles. The number of Topliss-reactive ketones (excluding diaryl/α,β-unsaturated/α-hetero) is 2. The van der Waals surface area contributed by atoms with Crippen molar-refractivity contribution in [2.75, 3.05) is 0 Å². The standard InChI is InChI=1S/C13H17NO2.C2H6/c1-4-10(15)8-7-14-9-5-6-13(2,3)12(16)11(8)9;1-2/h7,14H,4-6H2,1-3H3;1-2H3. The van der Waals surface area contributed by atoms with Gasteiger partial charge in [0.15, 0.2) is 11.6 Å². The fourth-order valence-electron chi connectivity index (χ4n) is 2.22. The largest absolute Gasteiger partial charge is 0.364 e. The second kappa shape index (κ2) is 5.51. The van der Waals surface area contributed by atoms with Crippen LogP contribution in [0.4, 0.5) is 0 Å². The van der Waals surface area contributed by atoms with Gasteiger partial charge < -0.3 is 4.98 Å². The maximum absolute atomic E-state index is 12.3. The number of H-pyrrole nitrogens is 1. The van der Waals surface area contributed by atoms with E-state index >= 15 is 0 Å². The van der Waals surface area contributed by atoms with Crippen LogP contribution in [0.2, 0.25) is 0 Å². The van der Waals surface area contributed by atoms with Gasteiger partial charge >= 0.3 is 0 Å². The lowest BCUT2D eigenvalue weighted by Crippen LogP contribution is -2.31. The first-order valence-electron chi connectivity index (χ1n) is 6.75. The summed E-state index contributed by atoms with van der Waals surface area (Å²) in [7, 11) is 0. The zero-order valence-electron chi connectivity index (χ0n) is 12.0. The third kappa shape index (κ3) is 2.40. The van der Waals surface area contributed by atoms with Crippen LogP contribution in [0.1, 0.15) is 73.9 Å². The fraction of sp³-hybridized carbons (Fsp3) is 0.600. The second-order valence-electron chi connectivity index (χ2n) is 5.05. The predicted molar refractivity (Wildman–Crippen MR) is 73.2 cm³/mol. The van der Waals surface area contributed by atoms with Gasteiger partial charge in [-0.25, -0.2) is 0 Å². The first kappa shape index (κ1) is 14.7. The Morgan fingerprint density at radius 3 is 2.56 bits per heavy atom. The van der Waals surface area contributed by atoms with E-state index in [-0.39, 0.29) is 17.0 Å². The summed E-state index contributed by atoms with van der Waals surface area (Å²) in [5.41, 5.74) is 1.82. The first-order chi connectivity index (χ1) is 8.47. The van der Waals surface area contributed by atoms with E-state index < -0.39 is 0 Å². The lowest BCUT2D eigenvalue weighted by molar-refractivity contribution is 0.0804. The van der Waals surface area contributed by atoms with Crippen molar-refractivity contribution in [1.29, 1.82) is 0 Å². The molecule has 0 aromatic carbocycles. The number of carbonyl (C=O) groups is 2. The molecule has 0 radical (unpaired) electrons. The highest BCUT2D eigenvalue weighted by Gasteiger charge is 2.37. The van der Waals surface area contributed by atoms with E-state index in [1.54, 1.807) is 6.20 Å². The van der Waals surface area contributed by atoms with E-state index in [2.05, 4.69) is 4.98 Å². The molecule has 1 aliphatic carbocycles. The molecule has 0 fully saturated rings. The van der Waals surface area contributed by atoms with E-state index in [1.807, 2.05) is 34.6 Å². The molecule has 0 unspecified atom stereocenters. The van der Waals surface area contributed by atoms with E-state index in [0.29, 0.717) is 17.5 Å². The van der Waals surface area contributed by atoms with Gasteiger partial charge in [0.1, 0.15) is 0 Å². The highest BCUT2D eigenvalue weighted by molar-refractivity contribution is 6.12. The molecule has 100 valence electrons. The van der Waals surface area contributed by atoms with Crippen LogP contribution in [0, 0.1) is 5.41 Å². The van der Waals surface area contributed by atoms with Crippen LogP contribution in [0.25, 0.3) is 0 Å². The summed E-state index contributed by atoms with van der Waals surface area (Å²) >= 11 is 0.